The van der Waals surface area contributed by atoms with E-state index >= 15 is 0 Å². The van der Waals surface area contributed by atoms with Crippen molar-refractivity contribution in [2.75, 3.05) is 13.2 Å². The number of aliphatic hydroxyl groups is 8. The quantitative estimate of drug-likeness (QED) is 0.172. The van der Waals surface area contributed by atoms with Crippen LogP contribution in [0.25, 0.3) is 0 Å². The Labute approximate surface area is 179 Å². The Kier molecular flexibility index (Phi) is 7.06. The summed E-state index contributed by atoms with van der Waals surface area (Å²) in [4.78, 5) is 24.2. The molecular formula is C16H25NO15. The van der Waals surface area contributed by atoms with Crippen LogP contribution in [0.1, 0.15) is 6.42 Å². The molecule has 3 aliphatic heterocycles. The second-order valence-corrected chi connectivity index (χ2v) is 7.56. The number of carbonyl (C=O) groups is 2. The van der Waals surface area contributed by atoms with Gasteiger partial charge in [-0.2, -0.15) is 0 Å². The average molecular weight is 471 g/mol. The minimum Gasteiger partial charge on any atom is -0.423 e. The molecule has 16 nitrogen and oxygen atoms in total. The largest absolute Gasteiger partial charge is 0.423 e. The van der Waals surface area contributed by atoms with E-state index in [2.05, 4.69) is 0 Å². The highest BCUT2D eigenvalue weighted by molar-refractivity contribution is 5.83. The number of fused-ring (bicyclic) bond motifs is 1. The predicted molar refractivity (Wildman–Crippen MR) is 91.3 cm³/mol. The zero-order valence-electron chi connectivity index (χ0n) is 16.3. The van der Waals surface area contributed by atoms with Gasteiger partial charge in [0.1, 0.15) is 43.2 Å². The molecule has 0 aliphatic carbocycles. The standard InChI is InChI=1S/C16H25NO15/c17-4-1-6(20)30-16(27)11(24)9(23)14(32-15(16,3-19)31-12(4)25)29-10-5(2-18)28-13(26)8(22)7(10)21/h4-5,7-11,13-14,18-19,21-24,26-27H,1-3,17H2/t4?,5-,7-,8-,9-,10-,11+,13-,14+,15+,16-/m1/s1. The molecule has 0 saturated carbocycles. The minimum atomic E-state index is -3.32. The smallest absolute Gasteiger partial charge is 0.326 e. The molecule has 0 aromatic carbocycles. The summed E-state index contributed by atoms with van der Waals surface area (Å²) in [5, 5.41) is 80.6. The van der Waals surface area contributed by atoms with E-state index in [1.165, 1.54) is 0 Å². The topological polar surface area (TPSA) is 268 Å². The molecule has 32 heavy (non-hydrogen) atoms. The van der Waals surface area contributed by atoms with E-state index in [-0.39, 0.29) is 0 Å². The first-order chi connectivity index (χ1) is 14.9. The second-order valence-electron chi connectivity index (χ2n) is 7.56. The monoisotopic (exact) mass is 471 g/mol. The Morgan fingerprint density at radius 2 is 1.69 bits per heavy atom. The lowest BCUT2D eigenvalue weighted by atomic mass is 9.90. The summed E-state index contributed by atoms with van der Waals surface area (Å²) in [5.74, 6) is -9.00. The number of carbonyl (C=O) groups excluding carboxylic acids is 2. The van der Waals surface area contributed by atoms with Crippen molar-refractivity contribution in [3.05, 3.63) is 0 Å². The Bertz CT molecular complexity index is 722. The van der Waals surface area contributed by atoms with Gasteiger partial charge in [0, 0.05) is 0 Å². The molecule has 0 amide bonds. The van der Waals surface area contributed by atoms with E-state index in [4.69, 9.17) is 29.4 Å². The maximum Gasteiger partial charge on any atom is 0.326 e. The first-order valence-electron chi connectivity index (χ1n) is 9.44. The van der Waals surface area contributed by atoms with Gasteiger partial charge in [-0.05, 0) is 0 Å². The lowest BCUT2D eigenvalue weighted by Gasteiger charge is -2.53. The van der Waals surface area contributed by atoms with Crippen LogP contribution in [0.3, 0.4) is 0 Å². The summed E-state index contributed by atoms with van der Waals surface area (Å²) >= 11 is 0. The van der Waals surface area contributed by atoms with Crippen LogP contribution in [0.4, 0.5) is 0 Å². The van der Waals surface area contributed by atoms with Crippen molar-refractivity contribution in [1.82, 2.24) is 0 Å². The van der Waals surface area contributed by atoms with Crippen LogP contribution in [0.2, 0.25) is 0 Å². The molecular weight excluding hydrogens is 446 g/mol. The highest BCUT2D eigenvalue weighted by Crippen LogP contribution is 2.42. The van der Waals surface area contributed by atoms with E-state index in [9.17, 15) is 50.4 Å². The maximum atomic E-state index is 12.2. The van der Waals surface area contributed by atoms with Gasteiger partial charge in [0.25, 0.3) is 0 Å². The van der Waals surface area contributed by atoms with Crippen LogP contribution in [0, 0.1) is 0 Å². The fraction of sp³-hybridized carbons (Fsp3) is 0.875. The van der Waals surface area contributed by atoms with Crippen LogP contribution in [-0.2, 0) is 33.3 Å². The molecule has 3 saturated heterocycles. The maximum absolute atomic E-state index is 12.2. The third-order valence-electron chi connectivity index (χ3n) is 5.42. The number of rotatable bonds is 4. The molecule has 3 rings (SSSR count). The highest BCUT2D eigenvalue weighted by atomic mass is 16.8. The summed E-state index contributed by atoms with van der Waals surface area (Å²) in [5.41, 5.74) is 5.48. The fourth-order valence-electron chi connectivity index (χ4n) is 3.58. The Morgan fingerprint density at radius 1 is 1.03 bits per heavy atom. The Balaban J connectivity index is 1.95. The van der Waals surface area contributed by atoms with Crippen LogP contribution >= 0.6 is 0 Å². The Morgan fingerprint density at radius 3 is 2.28 bits per heavy atom. The van der Waals surface area contributed by atoms with Crippen LogP contribution in [-0.4, -0.2) is 133 Å². The SMILES string of the molecule is NC1CC(=O)O[C@]2(O)[C@@H](O)[C@@H](O)[C@@H](O[C@H]3[C@H](O)[C@@H](O)[C@H](O)O[C@@H]3CO)O[C@]2(CO)OC1=O. The molecule has 0 radical (unpaired) electrons. The molecule has 3 aliphatic rings. The summed E-state index contributed by atoms with van der Waals surface area (Å²) < 4.78 is 25.1. The van der Waals surface area contributed by atoms with Gasteiger partial charge in [0.05, 0.1) is 13.0 Å². The molecule has 0 aromatic rings. The van der Waals surface area contributed by atoms with E-state index in [1.807, 2.05) is 0 Å². The molecule has 184 valence electrons. The number of ether oxygens (including phenoxy) is 5. The van der Waals surface area contributed by atoms with E-state index < -0.39 is 98.4 Å². The van der Waals surface area contributed by atoms with E-state index in [0.717, 1.165) is 0 Å². The van der Waals surface area contributed by atoms with Gasteiger partial charge in [-0.25, -0.2) is 0 Å². The Hall–Kier alpha value is -1.54. The third kappa shape index (κ3) is 3.98. The van der Waals surface area contributed by atoms with Gasteiger partial charge < -0.3 is 70.3 Å². The molecule has 3 heterocycles. The molecule has 0 spiro atoms. The normalized spacial score (nSPS) is 50.0. The molecule has 10 N–H and O–H groups in total. The molecule has 16 heteroatoms. The molecule has 0 bridgehead atoms. The third-order valence-corrected chi connectivity index (χ3v) is 5.42. The van der Waals surface area contributed by atoms with Crippen LogP contribution in [0.5, 0.6) is 0 Å². The van der Waals surface area contributed by atoms with Gasteiger partial charge in [-0.3, -0.25) is 9.59 Å². The van der Waals surface area contributed by atoms with Crippen molar-refractivity contribution < 1.29 is 74.1 Å². The van der Waals surface area contributed by atoms with Crippen molar-refractivity contribution in [1.29, 1.82) is 0 Å². The van der Waals surface area contributed by atoms with Gasteiger partial charge in [0.15, 0.2) is 18.7 Å². The zero-order valence-corrected chi connectivity index (χ0v) is 16.3. The lowest BCUT2D eigenvalue weighted by Crippen LogP contribution is -2.78. The number of hydrogen-bond acceptors (Lipinski definition) is 16. The number of nitrogens with two attached hydrogens (primary N) is 1. The summed E-state index contributed by atoms with van der Waals surface area (Å²) in [6.45, 7) is -2.29. The van der Waals surface area contributed by atoms with Gasteiger partial charge >= 0.3 is 23.5 Å². The second kappa shape index (κ2) is 9.01. The van der Waals surface area contributed by atoms with Gasteiger partial charge in [-0.1, -0.05) is 0 Å². The highest BCUT2D eigenvalue weighted by Gasteiger charge is 2.71. The molecule has 0 aromatic heterocycles. The lowest BCUT2D eigenvalue weighted by molar-refractivity contribution is -0.482. The van der Waals surface area contributed by atoms with Crippen LogP contribution in [0.15, 0.2) is 0 Å². The van der Waals surface area contributed by atoms with Crippen molar-refractivity contribution in [2.24, 2.45) is 5.73 Å². The average Bonchev–Trinajstić information content (AvgIpc) is 2.74. The zero-order chi connectivity index (χ0) is 24.0. The van der Waals surface area contributed by atoms with Crippen LogP contribution < -0.4 is 5.73 Å². The molecule has 11 atom stereocenters. The summed E-state index contributed by atoms with van der Waals surface area (Å²) in [7, 11) is 0. The van der Waals surface area contributed by atoms with Crippen molar-refractivity contribution >= 4 is 11.9 Å². The first-order valence-corrected chi connectivity index (χ1v) is 9.44. The number of hydrogen-bond donors (Lipinski definition) is 9. The fourth-order valence-corrected chi connectivity index (χ4v) is 3.58. The van der Waals surface area contributed by atoms with Gasteiger partial charge in [-0.15, -0.1) is 0 Å². The predicted octanol–water partition coefficient (Wildman–Crippen LogP) is -6.92. The van der Waals surface area contributed by atoms with E-state index in [1.54, 1.807) is 0 Å². The van der Waals surface area contributed by atoms with E-state index in [0.29, 0.717) is 0 Å². The molecule has 3 fully saturated rings. The van der Waals surface area contributed by atoms with Crippen molar-refractivity contribution in [2.45, 2.75) is 73.2 Å². The van der Waals surface area contributed by atoms with Crippen molar-refractivity contribution in [3.8, 4) is 0 Å². The molecule has 1 unspecified atom stereocenters. The summed E-state index contributed by atoms with van der Waals surface area (Å²) in [6.07, 6.45) is -16.6. The number of aliphatic hydroxyl groups excluding tert-OH is 7. The minimum absolute atomic E-state index is 0.768. The van der Waals surface area contributed by atoms with Gasteiger partial charge in [0.2, 0.25) is 0 Å². The van der Waals surface area contributed by atoms with Crippen molar-refractivity contribution in [3.63, 3.8) is 0 Å². The number of esters is 2. The summed E-state index contributed by atoms with van der Waals surface area (Å²) in [6, 6.07) is -1.59. The first kappa shape index (κ1) is 25.1.